The number of aryl methyl sites for hydroxylation is 1. The van der Waals surface area contributed by atoms with E-state index in [-0.39, 0.29) is 23.4 Å². The highest BCUT2D eigenvalue weighted by atomic mass is 16.6. The van der Waals surface area contributed by atoms with Crippen molar-refractivity contribution in [2.75, 3.05) is 10.6 Å². The van der Waals surface area contributed by atoms with Gasteiger partial charge in [0.1, 0.15) is 17.1 Å². The predicted molar refractivity (Wildman–Crippen MR) is 130 cm³/mol. The summed E-state index contributed by atoms with van der Waals surface area (Å²) in [6, 6.07) is 14.7. The van der Waals surface area contributed by atoms with Crippen LogP contribution < -0.4 is 15.4 Å². The van der Waals surface area contributed by atoms with Crippen LogP contribution in [0.2, 0.25) is 0 Å². The van der Waals surface area contributed by atoms with Gasteiger partial charge in [0.25, 0.3) is 5.91 Å². The van der Waals surface area contributed by atoms with Gasteiger partial charge in [-0.05, 0) is 63.6 Å². The molecule has 10 heteroatoms. The molecule has 2 amide bonds. The molecule has 0 saturated carbocycles. The number of phenolic OH excluding ortho intramolecular Hbond substituents is 1. The molecular formula is C25H25N5O5. The van der Waals surface area contributed by atoms with Crippen LogP contribution in [0.4, 0.5) is 16.3 Å². The highest BCUT2D eigenvalue weighted by Crippen LogP contribution is 2.27. The number of amides is 2. The summed E-state index contributed by atoms with van der Waals surface area (Å²) in [6.45, 7) is 7.18. The number of imidazole rings is 1. The van der Waals surface area contributed by atoms with Crippen LogP contribution in [-0.2, 0) is 4.74 Å². The molecule has 0 saturated heterocycles. The SMILES string of the molecule is Cc1ccc(Oc2ccc3nc(NC(=O)OC(C)(C)C)cn3n2)cc1NC(=O)c1cccc(O)c1. The van der Waals surface area contributed by atoms with Gasteiger partial charge in [-0.25, -0.2) is 14.3 Å². The van der Waals surface area contributed by atoms with E-state index in [1.165, 1.54) is 16.6 Å². The van der Waals surface area contributed by atoms with Crippen LogP contribution in [0.25, 0.3) is 5.65 Å². The number of anilines is 2. The van der Waals surface area contributed by atoms with Gasteiger partial charge in [0, 0.05) is 23.4 Å². The van der Waals surface area contributed by atoms with Crippen LogP contribution in [0.3, 0.4) is 0 Å². The van der Waals surface area contributed by atoms with Crippen molar-refractivity contribution in [2.24, 2.45) is 0 Å². The first-order valence-corrected chi connectivity index (χ1v) is 10.8. The number of hydrogen-bond acceptors (Lipinski definition) is 7. The molecular weight excluding hydrogens is 450 g/mol. The van der Waals surface area contributed by atoms with Crippen molar-refractivity contribution in [1.82, 2.24) is 14.6 Å². The summed E-state index contributed by atoms with van der Waals surface area (Å²) in [6.07, 6.45) is 0.930. The Morgan fingerprint density at radius 2 is 1.83 bits per heavy atom. The largest absolute Gasteiger partial charge is 0.508 e. The number of aromatic hydroxyl groups is 1. The minimum Gasteiger partial charge on any atom is -0.508 e. The fraction of sp³-hybridized carbons (Fsp3) is 0.200. The molecule has 0 atom stereocenters. The lowest BCUT2D eigenvalue weighted by atomic mass is 10.1. The lowest BCUT2D eigenvalue weighted by molar-refractivity contribution is 0.0635. The molecule has 3 N–H and O–H groups in total. The molecule has 2 aromatic heterocycles. The van der Waals surface area contributed by atoms with Gasteiger partial charge in [0.2, 0.25) is 5.88 Å². The van der Waals surface area contributed by atoms with E-state index in [0.717, 1.165) is 5.56 Å². The molecule has 0 aliphatic heterocycles. The van der Waals surface area contributed by atoms with Gasteiger partial charge in [-0.2, -0.15) is 0 Å². The van der Waals surface area contributed by atoms with Crippen molar-refractivity contribution < 1.29 is 24.2 Å². The topological polar surface area (TPSA) is 127 Å². The Labute approximate surface area is 201 Å². The minimum atomic E-state index is -0.627. The maximum absolute atomic E-state index is 12.6. The molecule has 0 aliphatic rings. The Bertz CT molecular complexity index is 1410. The van der Waals surface area contributed by atoms with E-state index >= 15 is 0 Å². The van der Waals surface area contributed by atoms with Crippen molar-refractivity contribution in [2.45, 2.75) is 33.3 Å². The highest BCUT2D eigenvalue weighted by Gasteiger charge is 2.17. The quantitative estimate of drug-likeness (QED) is 0.365. The fourth-order valence-corrected chi connectivity index (χ4v) is 3.15. The second-order valence-electron chi connectivity index (χ2n) is 8.81. The first kappa shape index (κ1) is 23.6. The van der Waals surface area contributed by atoms with Crippen LogP contribution in [0.1, 0.15) is 36.7 Å². The summed E-state index contributed by atoms with van der Waals surface area (Å²) in [5.74, 6) is 0.686. The number of nitrogens with zero attached hydrogens (tertiary/aromatic N) is 3. The number of benzene rings is 2. The number of ether oxygens (including phenoxy) is 2. The Kier molecular flexibility index (Phi) is 6.28. The van der Waals surface area contributed by atoms with E-state index in [2.05, 4.69) is 20.7 Å². The lowest BCUT2D eigenvalue weighted by Gasteiger charge is -2.18. The van der Waals surface area contributed by atoms with E-state index < -0.39 is 11.7 Å². The Morgan fingerprint density at radius 1 is 1.03 bits per heavy atom. The van der Waals surface area contributed by atoms with Crippen LogP contribution in [0.5, 0.6) is 17.4 Å². The smallest absolute Gasteiger partial charge is 0.413 e. The van der Waals surface area contributed by atoms with Crippen LogP contribution >= 0.6 is 0 Å². The third kappa shape index (κ3) is 6.05. The van der Waals surface area contributed by atoms with Gasteiger partial charge >= 0.3 is 6.09 Å². The number of phenols is 1. The summed E-state index contributed by atoms with van der Waals surface area (Å²) in [5.41, 5.74) is 1.60. The zero-order chi connectivity index (χ0) is 25.2. The van der Waals surface area contributed by atoms with E-state index in [0.29, 0.717) is 22.6 Å². The second kappa shape index (κ2) is 9.34. The summed E-state index contributed by atoms with van der Waals surface area (Å²) in [7, 11) is 0. The van der Waals surface area contributed by atoms with E-state index in [4.69, 9.17) is 9.47 Å². The molecule has 4 aromatic rings. The zero-order valence-corrected chi connectivity index (χ0v) is 19.7. The van der Waals surface area contributed by atoms with Gasteiger partial charge in [-0.15, -0.1) is 5.10 Å². The van der Waals surface area contributed by atoms with Gasteiger partial charge in [0.05, 0.1) is 6.20 Å². The second-order valence-corrected chi connectivity index (χ2v) is 8.81. The summed E-state index contributed by atoms with van der Waals surface area (Å²) < 4.78 is 12.6. The maximum Gasteiger partial charge on any atom is 0.413 e. The molecule has 2 aromatic carbocycles. The predicted octanol–water partition coefficient (Wildman–Crippen LogP) is 5.13. The van der Waals surface area contributed by atoms with Gasteiger partial charge < -0.3 is 19.9 Å². The highest BCUT2D eigenvalue weighted by molar-refractivity contribution is 6.05. The van der Waals surface area contributed by atoms with E-state index in [1.54, 1.807) is 63.4 Å². The van der Waals surface area contributed by atoms with Crippen molar-refractivity contribution in [1.29, 1.82) is 0 Å². The Balaban J connectivity index is 1.48. The number of nitrogens with one attached hydrogen (secondary N) is 2. The number of fused-ring (bicyclic) bond motifs is 1. The van der Waals surface area contributed by atoms with Gasteiger partial charge in [0.15, 0.2) is 11.5 Å². The number of hydrogen-bond donors (Lipinski definition) is 3. The fourth-order valence-electron chi connectivity index (χ4n) is 3.15. The number of carbonyl (C=O) groups is 2. The first-order chi connectivity index (χ1) is 16.6. The number of aromatic nitrogens is 3. The van der Waals surface area contributed by atoms with E-state index in [1.807, 2.05) is 13.0 Å². The average Bonchev–Trinajstić information content (AvgIpc) is 3.16. The lowest BCUT2D eigenvalue weighted by Crippen LogP contribution is -2.27. The molecule has 10 nitrogen and oxygen atoms in total. The Hall–Kier alpha value is -4.60. The molecule has 35 heavy (non-hydrogen) atoms. The molecule has 180 valence electrons. The standard InChI is InChI=1S/C25H25N5O5/c1-15-8-9-18(13-19(15)26-23(32)16-6-5-7-17(31)12-16)34-22-11-10-21-27-20(14-30(21)29-22)28-24(33)35-25(2,3)4/h5-14,31H,1-4H3,(H,26,32)(H,28,33). The van der Waals surface area contributed by atoms with Crippen molar-refractivity contribution in [3.63, 3.8) is 0 Å². The molecule has 0 fully saturated rings. The number of carbonyl (C=O) groups excluding carboxylic acids is 2. The van der Waals surface area contributed by atoms with Crippen LogP contribution in [-0.4, -0.2) is 37.3 Å². The average molecular weight is 476 g/mol. The molecule has 0 radical (unpaired) electrons. The van der Waals surface area contributed by atoms with Crippen molar-refractivity contribution in [3.8, 4) is 17.4 Å². The van der Waals surface area contributed by atoms with Crippen LogP contribution in [0, 0.1) is 6.92 Å². The molecule has 0 spiro atoms. The monoisotopic (exact) mass is 475 g/mol. The Morgan fingerprint density at radius 3 is 2.57 bits per heavy atom. The summed E-state index contributed by atoms with van der Waals surface area (Å²) in [5, 5.41) is 19.4. The third-order valence-electron chi connectivity index (χ3n) is 4.71. The van der Waals surface area contributed by atoms with E-state index in [9.17, 15) is 14.7 Å². The number of rotatable bonds is 5. The molecule has 0 unspecified atom stereocenters. The minimum absolute atomic E-state index is 0.0110. The molecule has 4 rings (SSSR count). The third-order valence-corrected chi connectivity index (χ3v) is 4.71. The van der Waals surface area contributed by atoms with Gasteiger partial charge in [-0.3, -0.25) is 10.1 Å². The van der Waals surface area contributed by atoms with Crippen molar-refractivity contribution >= 4 is 29.2 Å². The van der Waals surface area contributed by atoms with Gasteiger partial charge in [-0.1, -0.05) is 12.1 Å². The maximum atomic E-state index is 12.6. The molecule has 0 bridgehead atoms. The van der Waals surface area contributed by atoms with Crippen LogP contribution in [0.15, 0.2) is 60.8 Å². The summed E-state index contributed by atoms with van der Waals surface area (Å²) >= 11 is 0. The first-order valence-electron chi connectivity index (χ1n) is 10.8. The zero-order valence-electron chi connectivity index (χ0n) is 19.7. The molecule has 0 aliphatic carbocycles. The van der Waals surface area contributed by atoms with Crippen molar-refractivity contribution in [3.05, 3.63) is 71.9 Å². The summed E-state index contributed by atoms with van der Waals surface area (Å²) in [4.78, 5) is 28.8. The normalized spacial score (nSPS) is 11.2. The molecule has 2 heterocycles.